The van der Waals surface area contributed by atoms with Crippen molar-refractivity contribution in [1.29, 1.82) is 0 Å². The summed E-state index contributed by atoms with van der Waals surface area (Å²) >= 11 is 6.94. The molecule has 27 heavy (non-hydrogen) atoms. The summed E-state index contributed by atoms with van der Waals surface area (Å²) < 4.78 is 4.89. The van der Waals surface area contributed by atoms with Crippen LogP contribution in [0.1, 0.15) is 5.56 Å². The van der Waals surface area contributed by atoms with Crippen LogP contribution in [0, 0.1) is 6.92 Å². The van der Waals surface area contributed by atoms with Crippen LogP contribution in [0.4, 0.5) is 11.4 Å². The predicted molar refractivity (Wildman–Crippen MR) is 108 cm³/mol. The molecule has 0 heterocycles. The number of carbonyl (C=O) groups excluding carboxylic acids is 3. The fourth-order valence-corrected chi connectivity index (χ4v) is 2.90. The minimum absolute atomic E-state index is 0.0221. The number of hydrogen-bond acceptors (Lipinski definition) is 5. The summed E-state index contributed by atoms with van der Waals surface area (Å²) in [5, 5.41) is 5.82. The van der Waals surface area contributed by atoms with Crippen LogP contribution in [0.15, 0.2) is 48.5 Å². The Morgan fingerprint density at radius 1 is 0.963 bits per heavy atom. The molecule has 142 valence electrons. The number of aryl methyl sites for hydroxylation is 1. The Balaban J connectivity index is 1.63. The van der Waals surface area contributed by atoms with Crippen LogP contribution < -0.4 is 10.6 Å². The van der Waals surface area contributed by atoms with E-state index in [2.05, 4.69) is 10.6 Å². The van der Waals surface area contributed by atoms with Crippen molar-refractivity contribution >= 4 is 52.5 Å². The van der Waals surface area contributed by atoms with Gasteiger partial charge in [-0.05, 0) is 42.8 Å². The number of benzene rings is 2. The van der Waals surface area contributed by atoms with Gasteiger partial charge in [-0.3, -0.25) is 14.4 Å². The zero-order valence-electron chi connectivity index (χ0n) is 14.7. The zero-order chi connectivity index (χ0) is 19.6. The van der Waals surface area contributed by atoms with E-state index in [4.69, 9.17) is 16.3 Å². The topological polar surface area (TPSA) is 84.5 Å². The number of hydrogen-bond donors (Lipinski definition) is 2. The summed E-state index contributed by atoms with van der Waals surface area (Å²) in [7, 11) is 0. The number of carbonyl (C=O) groups is 3. The fraction of sp³-hybridized carbons (Fsp3) is 0.211. The quantitative estimate of drug-likeness (QED) is 0.655. The third kappa shape index (κ3) is 8.15. The van der Waals surface area contributed by atoms with E-state index in [1.807, 2.05) is 25.1 Å². The van der Waals surface area contributed by atoms with Crippen molar-refractivity contribution in [2.24, 2.45) is 0 Å². The van der Waals surface area contributed by atoms with E-state index >= 15 is 0 Å². The number of amides is 2. The van der Waals surface area contributed by atoms with E-state index in [9.17, 15) is 14.4 Å². The van der Waals surface area contributed by atoms with E-state index in [1.165, 1.54) is 0 Å². The van der Waals surface area contributed by atoms with Gasteiger partial charge in [-0.2, -0.15) is 0 Å². The average molecular weight is 407 g/mol. The van der Waals surface area contributed by atoms with Gasteiger partial charge in [0.05, 0.1) is 11.5 Å². The molecule has 6 nitrogen and oxygen atoms in total. The SMILES string of the molecule is Cc1cccc(NC(=O)CSCC(=O)OCC(=O)Nc2cccc(Cl)c2)c1. The van der Waals surface area contributed by atoms with Gasteiger partial charge in [0, 0.05) is 16.4 Å². The normalized spacial score (nSPS) is 10.1. The molecule has 2 aromatic rings. The van der Waals surface area contributed by atoms with Gasteiger partial charge in [0.1, 0.15) is 0 Å². The summed E-state index contributed by atoms with van der Waals surface area (Å²) in [6, 6.07) is 14.1. The summed E-state index contributed by atoms with van der Waals surface area (Å²) in [4.78, 5) is 35.2. The summed E-state index contributed by atoms with van der Waals surface area (Å²) in [6.45, 7) is 1.53. The molecular weight excluding hydrogens is 388 g/mol. The van der Waals surface area contributed by atoms with Crippen LogP contribution in [0.3, 0.4) is 0 Å². The molecule has 0 unspecified atom stereocenters. The van der Waals surface area contributed by atoms with Gasteiger partial charge in [0.15, 0.2) is 6.61 Å². The highest BCUT2D eigenvalue weighted by Gasteiger charge is 2.10. The van der Waals surface area contributed by atoms with Crippen molar-refractivity contribution in [3.63, 3.8) is 0 Å². The number of rotatable bonds is 8. The van der Waals surface area contributed by atoms with Gasteiger partial charge in [0.2, 0.25) is 5.91 Å². The van der Waals surface area contributed by atoms with Gasteiger partial charge in [-0.25, -0.2) is 0 Å². The highest BCUT2D eigenvalue weighted by Crippen LogP contribution is 2.14. The standard InChI is InChI=1S/C19H19ClN2O4S/c1-13-4-2-6-15(8-13)22-18(24)11-27-12-19(25)26-10-17(23)21-16-7-3-5-14(20)9-16/h2-9H,10-12H2,1H3,(H,21,23)(H,22,24). The van der Waals surface area contributed by atoms with Crippen LogP contribution in [0.5, 0.6) is 0 Å². The summed E-state index contributed by atoms with van der Waals surface area (Å²) in [5.74, 6) is -1.15. The molecule has 0 atom stereocenters. The molecule has 2 rings (SSSR count). The van der Waals surface area contributed by atoms with Crippen LogP contribution in [-0.4, -0.2) is 35.9 Å². The lowest BCUT2D eigenvalue weighted by molar-refractivity contribution is -0.144. The molecule has 2 N–H and O–H groups in total. The Labute approximate surface area is 166 Å². The zero-order valence-corrected chi connectivity index (χ0v) is 16.2. The molecule has 0 saturated heterocycles. The third-order valence-corrected chi connectivity index (χ3v) is 4.37. The van der Waals surface area contributed by atoms with Gasteiger partial charge in [-0.15, -0.1) is 11.8 Å². The molecule has 0 radical (unpaired) electrons. The van der Waals surface area contributed by atoms with E-state index in [0.717, 1.165) is 17.3 Å². The number of halogens is 1. The van der Waals surface area contributed by atoms with E-state index in [0.29, 0.717) is 16.4 Å². The monoisotopic (exact) mass is 406 g/mol. The maximum absolute atomic E-state index is 11.8. The van der Waals surface area contributed by atoms with E-state index in [1.54, 1.807) is 30.3 Å². The van der Waals surface area contributed by atoms with Crippen molar-refractivity contribution in [3.05, 3.63) is 59.1 Å². The minimum Gasteiger partial charge on any atom is -0.455 e. The lowest BCUT2D eigenvalue weighted by atomic mass is 10.2. The number of esters is 1. The first-order chi connectivity index (χ1) is 12.9. The Kier molecular flexibility index (Phi) is 8.16. The molecule has 0 aromatic heterocycles. The Morgan fingerprint density at radius 2 is 1.63 bits per heavy atom. The van der Waals surface area contributed by atoms with Crippen LogP contribution in [0.25, 0.3) is 0 Å². The molecule has 0 spiro atoms. The molecule has 2 aromatic carbocycles. The fourth-order valence-electron chi connectivity index (χ4n) is 2.10. The number of anilines is 2. The maximum Gasteiger partial charge on any atom is 0.316 e. The molecule has 0 aliphatic carbocycles. The summed E-state index contributed by atoms with van der Waals surface area (Å²) in [6.07, 6.45) is 0. The van der Waals surface area contributed by atoms with Crippen molar-refractivity contribution < 1.29 is 19.1 Å². The lowest BCUT2D eigenvalue weighted by Gasteiger charge is -2.07. The largest absolute Gasteiger partial charge is 0.455 e. The number of thioether (sulfide) groups is 1. The minimum atomic E-state index is -0.565. The highest BCUT2D eigenvalue weighted by atomic mass is 35.5. The van der Waals surface area contributed by atoms with Gasteiger partial charge in [-0.1, -0.05) is 29.8 Å². The molecule has 2 amide bonds. The van der Waals surface area contributed by atoms with Crippen molar-refractivity contribution in [2.75, 3.05) is 28.7 Å². The molecule has 0 aliphatic rings. The highest BCUT2D eigenvalue weighted by molar-refractivity contribution is 8.00. The molecule has 0 bridgehead atoms. The predicted octanol–water partition coefficient (Wildman–Crippen LogP) is 3.50. The maximum atomic E-state index is 11.8. The average Bonchev–Trinajstić information content (AvgIpc) is 2.60. The van der Waals surface area contributed by atoms with E-state index in [-0.39, 0.29) is 17.4 Å². The smallest absolute Gasteiger partial charge is 0.316 e. The second-order valence-corrected chi connectivity index (χ2v) is 7.05. The Morgan fingerprint density at radius 3 is 2.33 bits per heavy atom. The Hall–Kier alpha value is -2.51. The molecule has 0 fully saturated rings. The van der Waals surface area contributed by atoms with E-state index < -0.39 is 18.5 Å². The van der Waals surface area contributed by atoms with Crippen molar-refractivity contribution in [2.45, 2.75) is 6.92 Å². The first-order valence-electron chi connectivity index (χ1n) is 8.07. The second-order valence-electron chi connectivity index (χ2n) is 5.63. The second kappa shape index (κ2) is 10.6. The lowest BCUT2D eigenvalue weighted by Crippen LogP contribution is -2.22. The Bertz CT molecular complexity index is 829. The molecule has 0 saturated carbocycles. The number of ether oxygens (including phenoxy) is 1. The van der Waals surface area contributed by atoms with Crippen LogP contribution in [-0.2, 0) is 19.1 Å². The summed E-state index contributed by atoms with van der Waals surface area (Å²) in [5.41, 5.74) is 2.27. The van der Waals surface area contributed by atoms with Gasteiger partial charge >= 0.3 is 5.97 Å². The van der Waals surface area contributed by atoms with Crippen molar-refractivity contribution in [3.8, 4) is 0 Å². The van der Waals surface area contributed by atoms with Gasteiger partial charge < -0.3 is 15.4 Å². The molecule has 8 heteroatoms. The van der Waals surface area contributed by atoms with Crippen LogP contribution >= 0.6 is 23.4 Å². The molecule has 0 aliphatic heterocycles. The molecular formula is C19H19ClN2O4S. The third-order valence-electron chi connectivity index (χ3n) is 3.23. The number of nitrogens with one attached hydrogen (secondary N) is 2. The van der Waals surface area contributed by atoms with Crippen molar-refractivity contribution in [1.82, 2.24) is 0 Å². The van der Waals surface area contributed by atoms with Crippen LogP contribution in [0.2, 0.25) is 5.02 Å². The first kappa shape index (κ1) is 20.8. The first-order valence-corrected chi connectivity index (χ1v) is 9.61. The van der Waals surface area contributed by atoms with Gasteiger partial charge in [0.25, 0.3) is 5.91 Å².